The Kier molecular flexibility index (Phi) is 6.11. The summed E-state index contributed by atoms with van der Waals surface area (Å²) in [6.07, 6.45) is 2.31. The summed E-state index contributed by atoms with van der Waals surface area (Å²) in [7, 11) is 0. The lowest BCUT2D eigenvalue weighted by molar-refractivity contribution is 0.151. The van der Waals surface area contributed by atoms with E-state index in [0.717, 1.165) is 38.3 Å². The predicted octanol–water partition coefficient (Wildman–Crippen LogP) is 3.83. The highest BCUT2D eigenvalue weighted by molar-refractivity contribution is 5.52. The maximum absolute atomic E-state index is 6.24. The molecule has 1 aliphatic heterocycles. The van der Waals surface area contributed by atoms with E-state index in [1.54, 1.807) is 0 Å². The van der Waals surface area contributed by atoms with E-state index < -0.39 is 0 Å². The van der Waals surface area contributed by atoms with Gasteiger partial charge in [-0.25, -0.2) is 0 Å². The van der Waals surface area contributed by atoms with Crippen LogP contribution in [-0.4, -0.2) is 24.0 Å². The Bertz CT molecular complexity index is 666. The third-order valence-electron chi connectivity index (χ3n) is 5.13. The van der Waals surface area contributed by atoms with Crippen LogP contribution in [0.25, 0.3) is 0 Å². The van der Waals surface area contributed by atoms with E-state index >= 15 is 0 Å². The normalized spacial score (nSPS) is 17.6. The number of fused-ring (bicyclic) bond motifs is 1. The molecule has 0 aromatic heterocycles. The van der Waals surface area contributed by atoms with Crippen LogP contribution in [0.1, 0.15) is 37.0 Å². The van der Waals surface area contributed by atoms with E-state index in [-0.39, 0.29) is 0 Å². The van der Waals surface area contributed by atoms with Crippen molar-refractivity contribution in [2.45, 2.75) is 45.8 Å². The third-order valence-corrected chi connectivity index (χ3v) is 5.13. The van der Waals surface area contributed by atoms with Gasteiger partial charge in [0.1, 0.15) is 0 Å². The van der Waals surface area contributed by atoms with Gasteiger partial charge >= 0.3 is 0 Å². The quantitative estimate of drug-likeness (QED) is 0.596. The standard InChI is InChI=1S/C22H31N3/c1-17(2)13-20-14-21-19(9-6-10-22(21)23)16-25(20)12-11-24-15-18-7-4-3-5-8-18/h3-10,17,20,24H,11-16,23H2,1-2H3. The van der Waals surface area contributed by atoms with Gasteiger partial charge in [-0.2, -0.15) is 0 Å². The summed E-state index contributed by atoms with van der Waals surface area (Å²) in [6.45, 7) is 8.68. The maximum atomic E-state index is 6.24. The van der Waals surface area contributed by atoms with Crippen molar-refractivity contribution in [1.29, 1.82) is 0 Å². The lowest BCUT2D eigenvalue weighted by Gasteiger charge is -2.38. The average molecular weight is 338 g/mol. The molecular formula is C22H31N3. The van der Waals surface area contributed by atoms with Crippen molar-refractivity contribution in [2.24, 2.45) is 5.92 Å². The zero-order chi connectivity index (χ0) is 17.6. The summed E-state index contributed by atoms with van der Waals surface area (Å²) in [5.41, 5.74) is 11.3. The van der Waals surface area contributed by atoms with E-state index in [1.165, 1.54) is 23.1 Å². The molecule has 3 N–H and O–H groups in total. The number of hydrogen-bond donors (Lipinski definition) is 2. The number of rotatable bonds is 7. The van der Waals surface area contributed by atoms with E-state index in [2.05, 4.69) is 66.5 Å². The van der Waals surface area contributed by atoms with Crippen molar-refractivity contribution in [1.82, 2.24) is 10.2 Å². The number of nitrogens with one attached hydrogen (secondary N) is 1. The summed E-state index contributed by atoms with van der Waals surface area (Å²) in [5.74, 6) is 0.705. The van der Waals surface area contributed by atoms with Gasteiger partial charge < -0.3 is 11.1 Å². The smallest absolute Gasteiger partial charge is 0.0350 e. The molecule has 0 saturated heterocycles. The Labute approximate surface area is 152 Å². The van der Waals surface area contributed by atoms with Gasteiger partial charge in [-0.1, -0.05) is 56.3 Å². The molecule has 2 aromatic rings. The molecule has 3 heteroatoms. The van der Waals surface area contributed by atoms with Crippen molar-refractivity contribution in [3.05, 3.63) is 65.2 Å². The molecule has 0 amide bonds. The van der Waals surface area contributed by atoms with Crippen LogP contribution in [0, 0.1) is 5.92 Å². The maximum Gasteiger partial charge on any atom is 0.0350 e. The second-order valence-corrected chi connectivity index (χ2v) is 7.61. The number of nitrogen functional groups attached to an aromatic ring is 1. The van der Waals surface area contributed by atoms with Gasteiger partial charge in [-0.3, -0.25) is 4.90 Å². The fraction of sp³-hybridized carbons (Fsp3) is 0.455. The topological polar surface area (TPSA) is 41.3 Å². The minimum Gasteiger partial charge on any atom is -0.398 e. The molecule has 1 unspecified atom stereocenters. The summed E-state index contributed by atoms with van der Waals surface area (Å²) in [6, 6.07) is 17.6. The first-order valence-electron chi connectivity index (χ1n) is 9.48. The molecule has 1 atom stereocenters. The highest BCUT2D eigenvalue weighted by atomic mass is 15.2. The number of benzene rings is 2. The van der Waals surface area contributed by atoms with Crippen LogP contribution in [0.3, 0.4) is 0 Å². The fourth-order valence-electron chi connectivity index (χ4n) is 3.85. The van der Waals surface area contributed by atoms with Crippen molar-refractivity contribution in [3.8, 4) is 0 Å². The molecule has 1 heterocycles. The molecule has 3 rings (SSSR count). The Hall–Kier alpha value is -1.84. The van der Waals surface area contributed by atoms with Gasteiger partial charge in [-0.05, 0) is 41.5 Å². The van der Waals surface area contributed by atoms with Crippen molar-refractivity contribution >= 4 is 5.69 Å². The number of hydrogen-bond acceptors (Lipinski definition) is 3. The van der Waals surface area contributed by atoms with Gasteiger partial charge in [-0.15, -0.1) is 0 Å². The number of nitrogens with two attached hydrogens (primary N) is 1. The summed E-state index contributed by atoms with van der Waals surface area (Å²) in [4.78, 5) is 2.64. The monoisotopic (exact) mass is 337 g/mol. The first kappa shape index (κ1) is 18.0. The van der Waals surface area contributed by atoms with Crippen LogP contribution in [-0.2, 0) is 19.5 Å². The van der Waals surface area contributed by atoms with Crippen LogP contribution in [0.5, 0.6) is 0 Å². The molecule has 0 spiro atoms. The molecule has 2 aromatic carbocycles. The number of nitrogens with zero attached hydrogens (tertiary/aromatic N) is 1. The van der Waals surface area contributed by atoms with E-state index in [4.69, 9.17) is 5.73 Å². The van der Waals surface area contributed by atoms with Gasteiger partial charge in [0.05, 0.1) is 0 Å². The molecular weight excluding hydrogens is 306 g/mol. The molecule has 25 heavy (non-hydrogen) atoms. The van der Waals surface area contributed by atoms with E-state index in [1.807, 2.05) is 6.07 Å². The van der Waals surface area contributed by atoms with Crippen molar-refractivity contribution < 1.29 is 0 Å². The van der Waals surface area contributed by atoms with Gasteiger partial charge in [0.15, 0.2) is 0 Å². The van der Waals surface area contributed by atoms with Crippen LogP contribution < -0.4 is 11.1 Å². The summed E-state index contributed by atoms with van der Waals surface area (Å²) in [5, 5.41) is 3.59. The molecule has 0 aliphatic carbocycles. The second-order valence-electron chi connectivity index (χ2n) is 7.61. The lowest BCUT2D eigenvalue weighted by Crippen LogP contribution is -2.44. The van der Waals surface area contributed by atoms with E-state index in [9.17, 15) is 0 Å². The molecule has 0 radical (unpaired) electrons. The highest BCUT2D eigenvalue weighted by Gasteiger charge is 2.27. The van der Waals surface area contributed by atoms with E-state index in [0.29, 0.717) is 12.0 Å². The van der Waals surface area contributed by atoms with Crippen molar-refractivity contribution in [3.63, 3.8) is 0 Å². The predicted molar refractivity (Wildman–Crippen MR) is 106 cm³/mol. The van der Waals surface area contributed by atoms with Crippen LogP contribution in [0.4, 0.5) is 5.69 Å². The Balaban J connectivity index is 1.59. The lowest BCUT2D eigenvalue weighted by atomic mass is 9.88. The van der Waals surface area contributed by atoms with Gasteiger partial charge in [0.25, 0.3) is 0 Å². The molecule has 0 bridgehead atoms. The zero-order valence-corrected chi connectivity index (χ0v) is 15.5. The molecule has 1 aliphatic rings. The minimum absolute atomic E-state index is 0.593. The third kappa shape index (κ3) is 4.83. The van der Waals surface area contributed by atoms with Crippen LogP contribution in [0.2, 0.25) is 0 Å². The van der Waals surface area contributed by atoms with Crippen LogP contribution >= 0.6 is 0 Å². The number of anilines is 1. The van der Waals surface area contributed by atoms with Gasteiger partial charge in [0.2, 0.25) is 0 Å². The molecule has 134 valence electrons. The summed E-state index contributed by atoms with van der Waals surface area (Å²) >= 11 is 0. The Morgan fingerprint density at radius 1 is 1.12 bits per heavy atom. The van der Waals surface area contributed by atoms with Gasteiger partial charge in [0, 0.05) is 37.9 Å². The first-order valence-corrected chi connectivity index (χ1v) is 9.48. The van der Waals surface area contributed by atoms with Crippen LogP contribution in [0.15, 0.2) is 48.5 Å². The Morgan fingerprint density at radius 3 is 2.68 bits per heavy atom. The molecule has 3 nitrogen and oxygen atoms in total. The molecule has 0 saturated carbocycles. The largest absolute Gasteiger partial charge is 0.398 e. The second kappa shape index (κ2) is 8.50. The van der Waals surface area contributed by atoms with Crippen molar-refractivity contribution in [2.75, 3.05) is 18.8 Å². The SMILES string of the molecule is CC(C)CC1Cc2c(N)cccc2CN1CCNCc1ccccc1. The minimum atomic E-state index is 0.593. The first-order chi connectivity index (χ1) is 12.1. The zero-order valence-electron chi connectivity index (χ0n) is 15.5. The summed E-state index contributed by atoms with van der Waals surface area (Å²) < 4.78 is 0. The fourth-order valence-corrected chi connectivity index (χ4v) is 3.85. The molecule has 0 fully saturated rings. The average Bonchev–Trinajstić information content (AvgIpc) is 2.60. The Morgan fingerprint density at radius 2 is 1.92 bits per heavy atom. The highest BCUT2D eigenvalue weighted by Crippen LogP contribution is 2.30.